The van der Waals surface area contributed by atoms with Crippen LogP contribution in [-0.4, -0.2) is 21.2 Å². The second-order valence-electron chi connectivity index (χ2n) is 7.43. The maximum atomic E-state index is 13.1. The summed E-state index contributed by atoms with van der Waals surface area (Å²) in [5, 5.41) is 5.38. The summed E-state index contributed by atoms with van der Waals surface area (Å²) in [5.74, 6) is -1.36. The Morgan fingerprint density at radius 1 is 0.818 bits per heavy atom. The molecule has 0 radical (unpaired) electrons. The molecule has 0 aliphatic rings. The Labute approximate surface area is 189 Å². The first kappa shape index (κ1) is 21.8. The van der Waals surface area contributed by atoms with Crippen molar-refractivity contribution in [2.75, 3.05) is 10.6 Å². The molecule has 0 atom stereocenters. The van der Waals surface area contributed by atoms with Gasteiger partial charge in [0.2, 0.25) is 0 Å². The van der Waals surface area contributed by atoms with Crippen molar-refractivity contribution in [1.29, 1.82) is 0 Å². The molecule has 4 aromatic rings. The van der Waals surface area contributed by atoms with Crippen LogP contribution >= 0.6 is 0 Å². The van der Waals surface area contributed by atoms with Gasteiger partial charge in [0.25, 0.3) is 17.4 Å². The number of carbonyl (C=O) groups excluding carboxylic acids is 2. The van der Waals surface area contributed by atoms with Crippen molar-refractivity contribution in [3.05, 3.63) is 112 Å². The lowest BCUT2D eigenvalue weighted by Gasteiger charge is -2.08. The summed E-state index contributed by atoms with van der Waals surface area (Å²) in [4.78, 5) is 38.3. The molecule has 7 nitrogen and oxygen atoms in total. The number of halogens is 1. The Bertz CT molecular complexity index is 1390. The molecular weight excluding hydrogens is 423 g/mol. The highest BCUT2D eigenvalue weighted by Crippen LogP contribution is 2.17. The number of anilines is 2. The van der Waals surface area contributed by atoms with E-state index in [-0.39, 0.29) is 22.4 Å². The molecule has 0 bridgehead atoms. The van der Waals surface area contributed by atoms with Crippen LogP contribution in [0.1, 0.15) is 26.4 Å². The highest BCUT2D eigenvalue weighted by Gasteiger charge is 2.19. The molecule has 2 amide bonds. The maximum absolute atomic E-state index is 13.1. The van der Waals surface area contributed by atoms with Gasteiger partial charge in [0.1, 0.15) is 11.5 Å². The fourth-order valence-corrected chi connectivity index (χ4v) is 3.44. The largest absolute Gasteiger partial charge is 0.322 e. The second kappa shape index (κ2) is 8.96. The number of aromatic nitrogens is 2. The zero-order chi connectivity index (χ0) is 23.5. The molecule has 0 unspecified atom stereocenters. The standard InChI is InChI=1S/C25H21FN4O3/c1-16-22(25(33)30(29(16)2)21-9-4-3-5-10-21)28-24(32)18-7-6-8-20(15-18)27-23(31)17-11-13-19(26)14-12-17/h3-15H,1-2H3,(H,27,31)(H,28,32). The zero-order valence-corrected chi connectivity index (χ0v) is 18.0. The van der Waals surface area contributed by atoms with Crippen molar-refractivity contribution >= 4 is 23.2 Å². The van der Waals surface area contributed by atoms with Gasteiger partial charge in [-0.2, -0.15) is 0 Å². The third kappa shape index (κ3) is 4.45. The second-order valence-corrected chi connectivity index (χ2v) is 7.43. The molecule has 33 heavy (non-hydrogen) atoms. The minimum Gasteiger partial charge on any atom is -0.322 e. The molecule has 4 rings (SSSR count). The molecule has 0 aliphatic heterocycles. The highest BCUT2D eigenvalue weighted by molar-refractivity contribution is 6.07. The Kier molecular flexibility index (Phi) is 5.91. The number of benzene rings is 3. The van der Waals surface area contributed by atoms with Gasteiger partial charge < -0.3 is 10.6 Å². The number of hydrogen-bond donors (Lipinski definition) is 2. The molecule has 8 heteroatoms. The molecule has 1 heterocycles. The van der Waals surface area contributed by atoms with Crippen LogP contribution in [0.2, 0.25) is 0 Å². The molecule has 0 fully saturated rings. The molecular formula is C25H21FN4O3. The van der Waals surface area contributed by atoms with Gasteiger partial charge in [-0.15, -0.1) is 0 Å². The summed E-state index contributed by atoms with van der Waals surface area (Å²) in [6.07, 6.45) is 0. The quantitative estimate of drug-likeness (QED) is 0.485. The van der Waals surface area contributed by atoms with Crippen molar-refractivity contribution < 1.29 is 14.0 Å². The molecule has 166 valence electrons. The number of para-hydroxylation sites is 1. The van der Waals surface area contributed by atoms with Crippen LogP contribution in [-0.2, 0) is 7.05 Å². The lowest BCUT2D eigenvalue weighted by molar-refractivity contribution is 0.101. The SMILES string of the molecule is Cc1c(NC(=O)c2cccc(NC(=O)c3ccc(F)cc3)c2)c(=O)n(-c2ccccc2)n1C. The van der Waals surface area contributed by atoms with E-state index in [1.165, 1.54) is 35.0 Å². The lowest BCUT2D eigenvalue weighted by atomic mass is 10.1. The number of hydrogen-bond acceptors (Lipinski definition) is 3. The van der Waals surface area contributed by atoms with Gasteiger partial charge in [-0.25, -0.2) is 9.07 Å². The first-order chi connectivity index (χ1) is 15.8. The summed E-state index contributed by atoms with van der Waals surface area (Å²) >= 11 is 0. The zero-order valence-electron chi connectivity index (χ0n) is 18.0. The van der Waals surface area contributed by atoms with E-state index in [1.807, 2.05) is 18.2 Å². The predicted molar refractivity (Wildman–Crippen MR) is 124 cm³/mol. The maximum Gasteiger partial charge on any atom is 0.295 e. The van der Waals surface area contributed by atoms with Crippen molar-refractivity contribution in [2.24, 2.45) is 7.05 Å². The van der Waals surface area contributed by atoms with Crippen LogP contribution in [0.25, 0.3) is 5.69 Å². The van der Waals surface area contributed by atoms with Crippen LogP contribution in [0.3, 0.4) is 0 Å². The van der Waals surface area contributed by atoms with E-state index in [0.29, 0.717) is 17.1 Å². The number of nitrogens with one attached hydrogen (secondary N) is 2. The Morgan fingerprint density at radius 3 is 2.18 bits per heavy atom. The summed E-state index contributed by atoms with van der Waals surface area (Å²) < 4.78 is 16.2. The summed E-state index contributed by atoms with van der Waals surface area (Å²) in [5.41, 5.74) is 2.04. The topological polar surface area (TPSA) is 85.1 Å². The fourth-order valence-electron chi connectivity index (χ4n) is 3.44. The highest BCUT2D eigenvalue weighted by atomic mass is 19.1. The Balaban J connectivity index is 1.56. The Morgan fingerprint density at radius 2 is 1.48 bits per heavy atom. The number of nitrogens with zero attached hydrogens (tertiary/aromatic N) is 2. The van der Waals surface area contributed by atoms with E-state index in [4.69, 9.17) is 0 Å². The van der Waals surface area contributed by atoms with E-state index in [0.717, 1.165) is 0 Å². The van der Waals surface area contributed by atoms with Crippen LogP contribution in [0.5, 0.6) is 0 Å². The third-order valence-corrected chi connectivity index (χ3v) is 5.28. The molecule has 2 N–H and O–H groups in total. The average Bonchev–Trinajstić information content (AvgIpc) is 3.03. The normalized spacial score (nSPS) is 10.6. The van der Waals surface area contributed by atoms with Gasteiger partial charge in [0.05, 0.1) is 11.4 Å². The molecule has 0 saturated carbocycles. The molecule has 1 aromatic heterocycles. The van der Waals surface area contributed by atoms with E-state index < -0.39 is 17.6 Å². The number of rotatable bonds is 5. The van der Waals surface area contributed by atoms with E-state index in [2.05, 4.69) is 10.6 Å². The van der Waals surface area contributed by atoms with Gasteiger partial charge in [-0.3, -0.25) is 19.1 Å². The van der Waals surface area contributed by atoms with Gasteiger partial charge in [-0.05, 0) is 61.5 Å². The molecule has 0 spiro atoms. The van der Waals surface area contributed by atoms with Gasteiger partial charge in [-0.1, -0.05) is 24.3 Å². The minimum absolute atomic E-state index is 0.173. The van der Waals surface area contributed by atoms with E-state index >= 15 is 0 Å². The van der Waals surface area contributed by atoms with E-state index in [9.17, 15) is 18.8 Å². The van der Waals surface area contributed by atoms with Crippen molar-refractivity contribution in [2.45, 2.75) is 6.92 Å². The summed E-state index contributed by atoms with van der Waals surface area (Å²) in [6, 6.07) is 20.6. The van der Waals surface area contributed by atoms with Crippen LogP contribution in [0, 0.1) is 12.7 Å². The summed E-state index contributed by atoms with van der Waals surface area (Å²) in [6.45, 7) is 1.75. The monoisotopic (exact) mass is 444 g/mol. The van der Waals surface area contributed by atoms with Crippen LogP contribution in [0.4, 0.5) is 15.8 Å². The smallest absolute Gasteiger partial charge is 0.295 e. The first-order valence-corrected chi connectivity index (χ1v) is 10.2. The fraction of sp³-hybridized carbons (Fsp3) is 0.0800. The van der Waals surface area contributed by atoms with Crippen molar-refractivity contribution in [1.82, 2.24) is 9.36 Å². The molecule has 3 aromatic carbocycles. The molecule has 0 saturated heterocycles. The third-order valence-electron chi connectivity index (χ3n) is 5.28. The predicted octanol–water partition coefficient (Wildman–Crippen LogP) is 4.13. The Hall–Kier alpha value is -4.46. The van der Waals surface area contributed by atoms with Crippen molar-refractivity contribution in [3.63, 3.8) is 0 Å². The minimum atomic E-state index is -0.487. The van der Waals surface area contributed by atoms with E-state index in [1.54, 1.807) is 49.0 Å². The van der Waals surface area contributed by atoms with Crippen molar-refractivity contribution in [3.8, 4) is 5.69 Å². The van der Waals surface area contributed by atoms with Crippen LogP contribution < -0.4 is 16.2 Å². The number of carbonyl (C=O) groups is 2. The van der Waals surface area contributed by atoms with Gasteiger partial charge in [0, 0.05) is 23.9 Å². The average molecular weight is 444 g/mol. The first-order valence-electron chi connectivity index (χ1n) is 10.2. The molecule has 0 aliphatic carbocycles. The van der Waals surface area contributed by atoms with Gasteiger partial charge in [0.15, 0.2) is 0 Å². The van der Waals surface area contributed by atoms with Crippen LogP contribution in [0.15, 0.2) is 83.7 Å². The summed E-state index contributed by atoms with van der Waals surface area (Å²) in [7, 11) is 1.74. The number of amides is 2. The van der Waals surface area contributed by atoms with Gasteiger partial charge >= 0.3 is 0 Å². The lowest BCUT2D eigenvalue weighted by Crippen LogP contribution is -2.23.